The molecule has 3 N–H and O–H groups in total. The van der Waals surface area contributed by atoms with Gasteiger partial charge in [-0.3, -0.25) is 15.2 Å². The lowest BCUT2D eigenvalue weighted by atomic mass is 10.1. The number of aromatic nitrogens is 3. The van der Waals surface area contributed by atoms with E-state index in [0.717, 1.165) is 4.52 Å². The van der Waals surface area contributed by atoms with Gasteiger partial charge < -0.3 is 19.3 Å². The lowest BCUT2D eigenvalue weighted by Crippen LogP contribution is -2.30. The van der Waals surface area contributed by atoms with Gasteiger partial charge in [0.05, 0.1) is 26.5 Å². The van der Waals surface area contributed by atoms with Crippen LogP contribution in [0.5, 0.6) is 11.5 Å². The molecule has 3 rings (SSSR count). The van der Waals surface area contributed by atoms with Crippen LogP contribution in [0.2, 0.25) is 0 Å². The first-order valence-electron chi connectivity index (χ1n) is 9.77. The third-order valence-corrected chi connectivity index (χ3v) is 4.79. The van der Waals surface area contributed by atoms with E-state index in [-0.39, 0.29) is 35.9 Å². The number of methoxy groups -OCH3 is 2. The molecular weight excluding hydrogens is 420 g/mol. The second-order valence-electron chi connectivity index (χ2n) is 6.85. The Morgan fingerprint density at radius 3 is 2.66 bits per heavy atom. The number of ether oxygens (including phenoxy) is 3. The van der Waals surface area contributed by atoms with Crippen molar-refractivity contribution in [3.63, 3.8) is 0 Å². The average molecular weight is 444 g/mol. The molecule has 0 amide bonds. The Hall–Kier alpha value is -3.86. The molecule has 2 aromatic heterocycles. The lowest BCUT2D eigenvalue weighted by molar-refractivity contribution is -0.143. The highest BCUT2D eigenvalue weighted by Gasteiger charge is 2.24. The Kier molecular flexibility index (Phi) is 6.79. The highest BCUT2D eigenvalue weighted by molar-refractivity contribution is 5.97. The van der Waals surface area contributed by atoms with Crippen molar-refractivity contribution in [2.45, 2.75) is 26.4 Å². The van der Waals surface area contributed by atoms with Gasteiger partial charge in [0.2, 0.25) is 0 Å². The number of phenolic OH excluding ortho intramolecular Hbond substituents is 1. The number of fused-ring (bicyclic) bond motifs is 1. The van der Waals surface area contributed by atoms with Crippen LogP contribution in [-0.2, 0) is 20.8 Å². The molecule has 170 valence electrons. The molecule has 0 aliphatic carbocycles. The Labute approximate surface area is 182 Å². The Morgan fingerprint density at radius 2 is 2.03 bits per heavy atom. The molecule has 32 heavy (non-hydrogen) atoms. The summed E-state index contributed by atoms with van der Waals surface area (Å²) in [5.41, 5.74) is 1.03. The number of esters is 2. The highest BCUT2D eigenvalue weighted by Crippen LogP contribution is 2.29. The lowest BCUT2D eigenvalue weighted by Gasteiger charge is -2.17. The van der Waals surface area contributed by atoms with Crippen LogP contribution in [0.15, 0.2) is 29.1 Å². The van der Waals surface area contributed by atoms with Crippen molar-refractivity contribution < 1.29 is 28.9 Å². The van der Waals surface area contributed by atoms with E-state index >= 15 is 0 Å². The summed E-state index contributed by atoms with van der Waals surface area (Å²) in [5.74, 6) is -1.08. The number of phenols is 1. The van der Waals surface area contributed by atoms with E-state index in [1.807, 2.05) is 0 Å². The van der Waals surface area contributed by atoms with Crippen LogP contribution in [0.4, 0.5) is 0 Å². The summed E-state index contributed by atoms with van der Waals surface area (Å²) in [5, 5.41) is 15.8. The fraction of sp³-hybridized carbons (Fsp3) is 0.333. The smallest absolute Gasteiger partial charge is 0.343 e. The normalized spacial score (nSPS) is 11.9. The number of carbonyl (C=O) groups excluding carboxylic acids is 2. The number of rotatable bonds is 8. The number of H-pyrrole nitrogens is 1. The fourth-order valence-corrected chi connectivity index (χ4v) is 3.28. The maximum absolute atomic E-state index is 12.5. The molecule has 1 atom stereocenters. The molecule has 0 aliphatic rings. The van der Waals surface area contributed by atoms with Gasteiger partial charge in [-0.1, -0.05) is 6.07 Å². The second-order valence-corrected chi connectivity index (χ2v) is 6.85. The van der Waals surface area contributed by atoms with E-state index in [2.05, 4.69) is 15.4 Å². The van der Waals surface area contributed by atoms with E-state index in [0.29, 0.717) is 17.0 Å². The molecule has 1 aromatic carbocycles. The summed E-state index contributed by atoms with van der Waals surface area (Å²) in [6.45, 7) is 3.50. The number of aromatic amines is 1. The highest BCUT2D eigenvalue weighted by atomic mass is 16.5. The number of aromatic hydroxyl groups is 1. The number of aryl methyl sites for hydroxylation is 1. The second kappa shape index (κ2) is 9.52. The predicted molar refractivity (Wildman–Crippen MR) is 113 cm³/mol. The maximum Gasteiger partial charge on any atom is 0.343 e. The summed E-state index contributed by atoms with van der Waals surface area (Å²) >= 11 is 0. The fourth-order valence-electron chi connectivity index (χ4n) is 3.28. The van der Waals surface area contributed by atoms with Gasteiger partial charge in [0.25, 0.3) is 5.56 Å². The molecule has 0 saturated carbocycles. The first-order chi connectivity index (χ1) is 15.3. The Balaban J connectivity index is 1.94. The zero-order valence-corrected chi connectivity index (χ0v) is 18.1. The van der Waals surface area contributed by atoms with Crippen molar-refractivity contribution in [2.75, 3.05) is 20.8 Å². The summed E-state index contributed by atoms with van der Waals surface area (Å²) in [6, 6.07) is 4.84. The standard InChI is InChI=1S/C21H24N4O7/c1-5-32-20(28)17-11(2)24-25-16(27)9-13(23-19(17)25)10-22-18(21(29)31-4)12-6-7-15(30-3)14(26)8-12/h6-9,18,22,24,26H,5,10H2,1-4H3. The molecule has 1 unspecified atom stereocenters. The van der Waals surface area contributed by atoms with Gasteiger partial charge in [-0.25, -0.2) is 19.1 Å². The molecule has 0 saturated heterocycles. The van der Waals surface area contributed by atoms with Gasteiger partial charge in [0, 0.05) is 18.3 Å². The molecule has 0 spiro atoms. The molecule has 11 heteroatoms. The third-order valence-electron chi connectivity index (χ3n) is 4.79. The van der Waals surface area contributed by atoms with E-state index < -0.39 is 23.5 Å². The van der Waals surface area contributed by atoms with E-state index in [4.69, 9.17) is 14.2 Å². The van der Waals surface area contributed by atoms with E-state index in [1.165, 1.54) is 32.4 Å². The SMILES string of the molecule is CCOC(=O)c1c(C)[nH]n2c(=O)cc(CNC(C(=O)OC)c3ccc(OC)c(O)c3)nc12. The van der Waals surface area contributed by atoms with Gasteiger partial charge in [-0.15, -0.1) is 0 Å². The third kappa shape index (κ3) is 4.42. The number of hydrogen-bond donors (Lipinski definition) is 3. The van der Waals surface area contributed by atoms with E-state index in [9.17, 15) is 19.5 Å². The van der Waals surface area contributed by atoms with Gasteiger partial charge in [0.15, 0.2) is 17.1 Å². The monoisotopic (exact) mass is 444 g/mol. The summed E-state index contributed by atoms with van der Waals surface area (Å²) in [7, 11) is 2.66. The van der Waals surface area contributed by atoms with Gasteiger partial charge in [0.1, 0.15) is 11.6 Å². The van der Waals surface area contributed by atoms with Crippen molar-refractivity contribution in [2.24, 2.45) is 0 Å². The molecule has 3 aromatic rings. The largest absolute Gasteiger partial charge is 0.504 e. The van der Waals surface area contributed by atoms with E-state index in [1.54, 1.807) is 19.9 Å². The first kappa shape index (κ1) is 22.8. The van der Waals surface area contributed by atoms with Crippen LogP contribution < -0.4 is 15.6 Å². The molecule has 0 fully saturated rings. The molecule has 0 bridgehead atoms. The van der Waals surface area contributed by atoms with Crippen LogP contribution >= 0.6 is 0 Å². The Morgan fingerprint density at radius 1 is 1.28 bits per heavy atom. The first-order valence-corrected chi connectivity index (χ1v) is 9.77. The minimum absolute atomic E-state index is 0.00475. The van der Waals surface area contributed by atoms with Crippen molar-refractivity contribution in [3.05, 3.63) is 57.1 Å². The molecule has 11 nitrogen and oxygen atoms in total. The number of hydrogen-bond acceptors (Lipinski definition) is 9. The van der Waals surface area contributed by atoms with Gasteiger partial charge in [-0.05, 0) is 31.5 Å². The number of carbonyl (C=O) groups is 2. The summed E-state index contributed by atoms with van der Waals surface area (Å²) in [6.07, 6.45) is 0. The summed E-state index contributed by atoms with van der Waals surface area (Å²) < 4.78 is 16.1. The van der Waals surface area contributed by atoms with Crippen molar-refractivity contribution in [1.29, 1.82) is 0 Å². The minimum atomic E-state index is -0.949. The molecular formula is C21H24N4O7. The molecule has 0 aliphatic heterocycles. The van der Waals surface area contributed by atoms with Crippen LogP contribution in [0.25, 0.3) is 5.65 Å². The van der Waals surface area contributed by atoms with Crippen LogP contribution in [0.1, 0.15) is 40.3 Å². The summed E-state index contributed by atoms with van der Waals surface area (Å²) in [4.78, 5) is 41.6. The Bertz CT molecular complexity index is 1210. The molecule has 0 radical (unpaired) electrons. The maximum atomic E-state index is 12.5. The molecule has 2 heterocycles. The number of benzene rings is 1. The number of nitrogens with zero attached hydrogens (tertiary/aromatic N) is 2. The van der Waals surface area contributed by atoms with Crippen molar-refractivity contribution in [3.8, 4) is 11.5 Å². The number of nitrogens with one attached hydrogen (secondary N) is 2. The van der Waals surface area contributed by atoms with Crippen LogP contribution in [0, 0.1) is 6.92 Å². The average Bonchev–Trinajstić information content (AvgIpc) is 3.10. The van der Waals surface area contributed by atoms with Gasteiger partial charge >= 0.3 is 11.9 Å². The van der Waals surface area contributed by atoms with Crippen molar-refractivity contribution >= 4 is 17.6 Å². The topological polar surface area (TPSA) is 144 Å². The van der Waals surface area contributed by atoms with Crippen LogP contribution in [0.3, 0.4) is 0 Å². The predicted octanol–water partition coefficient (Wildman–Crippen LogP) is 1.23. The van der Waals surface area contributed by atoms with Crippen LogP contribution in [-0.4, -0.2) is 52.5 Å². The zero-order valence-electron chi connectivity index (χ0n) is 18.1. The van der Waals surface area contributed by atoms with Crippen molar-refractivity contribution in [1.82, 2.24) is 19.9 Å². The zero-order chi connectivity index (χ0) is 23.4. The minimum Gasteiger partial charge on any atom is -0.504 e. The quantitative estimate of drug-likeness (QED) is 0.437. The van der Waals surface area contributed by atoms with Gasteiger partial charge in [-0.2, -0.15) is 0 Å².